The summed E-state index contributed by atoms with van der Waals surface area (Å²) in [6, 6.07) is 12.4. The van der Waals surface area contributed by atoms with E-state index in [1.807, 2.05) is 32.0 Å². The Labute approximate surface area is 162 Å². The van der Waals surface area contributed by atoms with Crippen LogP contribution in [0, 0.1) is 13.8 Å². The molecule has 138 valence electrons. The fourth-order valence-corrected chi connectivity index (χ4v) is 3.06. The van der Waals surface area contributed by atoms with Crippen LogP contribution >= 0.6 is 12.2 Å². The fraction of sp³-hybridized carbons (Fsp3) is 0.200. The first-order valence-electron chi connectivity index (χ1n) is 8.50. The van der Waals surface area contributed by atoms with Crippen molar-refractivity contribution in [1.29, 1.82) is 0 Å². The highest BCUT2D eigenvalue weighted by atomic mass is 32.1. The highest BCUT2D eigenvalue weighted by Crippen LogP contribution is 2.22. The van der Waals surface area contributed by atoms with E-state index >= 15 is 0 Å². The van der Waals surface area contributed by atoms with Crippen molar-refractivity contribution in [3.05, 3.63) is 64.7 Å². The monoisotopic (exact) mass is 381 g/mol. The lowest BCUT2D eigenvalue weighted by Gasteiger charge is -2.14. The summed E-state index contributed by atoms with van der Waals surface area (Å²) in [5, 5.41) is 5.69. The maximum Gasteiger partial charge on any atom is 0.261 e. The Balaban J connectivity index is 1.53. The molecule has 0 aliphatic carbocycles. The number of nitrogens with zero attached hydrogens (tertiary/aromatic N) is 1. The van der Waals surface area contributed by atoms with E-state index in [2.05, 4.69) is 10.6 Å². The molecule has 27 heavy (non-hydrogen) atoms. The lowest BCUT2D eigenvalue weighted by Crippen LogP contribution is -2.38. The summed E-state index contributed by atoms with van der Waals surface area (Å²) in [6.45, 7) is 4.01. The van der Waals surface area contributed by atoms with Crippen LogP contribution in [0.5, 0.6) is 0 Å². The summed E-state index contributed by atoms with van der Waals surface area (Å²) in [6.07, 6.45) is -0.0276. The second-order valence-electron chi connectivity index (χ2n) is 6.36. The second kappa shape index (κ2) is 7.67. The van der Waals surface area contributed by atoms with Gasteiger partial charge in [-0.2, -0.15) is 0 Å². The van der Waals surface area contributed by atoms with Gasteiger partial charge >= 0.3 is 0 Å². The Morgan fingerprint density at radius 1 is 1.00 bits per heavy atom. The maximum atomic E-state index is 12.3. The van der Waals surface area contributed by atoms with Gasteiger partial charge in [0.1, 0.15) is 0 Å². The van der Waals surface area contributed by atoms with Crippen molar-refractivity contribution in [2.75, 3.05) is 11.9 Å². The number of rotatable bonds is 4. The number of anilines is 1. The van der Waals surface area contributed by atoms with E-state index in [-0.39, 0.29) is 35.8 Å². The van der Waals surface area contributed by atoms with Crippen LogP contribution in [0.25, 0.3) is 0 Å². The highest BCUT2D eigenvalue weighted by Gasteiger charge is 2.34. The third-order valence-corrected chi connectivity index (χ3v) is 4.66. The molecule has 2 aromatic carbocycles. The summed E-state index contributed by atoms with van der Waals surface area (Å²) >= 11 is 5.15. The molecular weight excluding hydrogens is 362 g/mol. The molecule has 0 radical (unpaired) electrons. The maximum absolute atomic E-state index is 12.3. The predicted octanol–water partition coefficient (Wildman–Crippen LogP) is 2.80. The van der Waals surface area contributed by atoms with Gasteiger partial charge in [-0.1, -0.05) is 18.2 Å². The molecule has 0 spiro atoms. The molecular formula is C20H19N3O3S. The minimum atomic E-state index is -0.376. The molecule has 1 aliphatic heterocycles. The molecule has 2 aromatic rings. The first-order chi connectivity index (χ1) is 12.9. The van der Waals surface area contributed by atoms with Crippen LogP contribution in [0.2, 0.25) is 0 Å². The van der Waals surface area contributed by atoms with Crippen molar-refractivity contribution in [3.63, 3.8) is 0 Å². The van der Waals surface area contributed by atoms with Crippen LogP contribution in [0.15, 0.2) is 42.5 Å². The van der Waals surface area contributed by atoms with Gasteiger partial charge in [-0.25, -0.2) is 0 Å². The molecule has 3 rings (SSSR count). The largest absolute Gasteiger partial charge is 0.332 e. The zero-order chi connectivity index (χ0) is 19.6. The van der Waals surface area contributed by atoms with Gasteiger partial charge in [0.25, 0.3) is 11.8 Å². The SMILES string of the molecule is Cc1ccc(NC(=S)NC(=O)CCN2C(=O)c3ccccc3C2=O)cc1C. The fourth-order valence-electron chi connectivity index (χ4n) is 2.83. The summed E-state index contributed by atoms with van der Waals surface area (Å²) in [4.78, 5) is 37.8. The normalized spacial score (nSPS) is 12.7. The van der Waals surface area contributed by atoms with Crippen LogP contribution in [0.1, 0.15) is 38.3 Å². The number of carbonyl (C=O) groups excluding carboxylic acids is 3. The number of imide groups is 1. The Hall–Kier alpha value is -3.06. The third kappa shape index (κ3) is 4.03. The van der Waals surface area contributed by atoms with E-state index in [0.29, 0.717) is 11.1 Å². The summed E-state index contributed by atoms with van der Waals surface area (Å²) in [5.41, 5.74) is 3.80. The first-order valence-corrected chi connectivity index (χ1v) is 8.91. The van der Waals surface area contributed by atoms with Crippen LogP contribution in [-0.4, -0.2) is 34.3 Å². The molecule has 0 saturated heterocycles. The smallest absolute Gasteiger partial charge is 0.261 e. The number of thiocarbonyl (C=S) groups is 1. The molecule has 0 bridgehead atoms. The summed E-state index contributed by atoms with van der Waals surface area (Å²) < 4.78 is 0. The van der Waals surface area contributed by atoms with Crippen LogP contribution < -0.4 is 10.6 Å². The summed E-state index contributed by atoms with van der Waals surface area (Å²) in [5.74, 6) is -1.12. The van der Waals surface area contributed by atoms with E-state index < -0.39 is 0 Å². The van der Waals surface area contributed by atoms with Gasteiger partial charge in [-0.15, -0.1) is 0 Å². The van der Waals surface area contributed by atoms with Gasteiger partial charge in [0, 0.05) is 18.7 Å². The minimum Gasteiger partial charge on any atom is -0.332 e. The number of aryl methyl sites for hydroxylation is 2. The van der Waals surface area contributed by atoms with Crippen molar-refractivity contribution in [2.45, 2.75) is 20.3 Å². The van der Waals surface area contributed by atoms with E-state index in [9.17, 15) is 14.4 Å². The van der Waals surface area contributed by atoms with Gasteiger partial charge in [0.15, 0.2) is 5.11 Å². The lowest BCUT2D eigenvalue weighted by atomic mass is 10.1. The number of fused-ring (bicyclic) bond motifs is 1. The van der Waals surface area contributed by atoms with Crippen molar-refractivity contribution in [2.24, 2.45) is 0 Å². The zero-order valence-corrected chi connectivity index (χ0v) is 15.9. The topological polar surface area (TPSA) is 78.5 Å². The average molecular weight is 381 g/mol. The number of amides is 3. The van der Waals surface area contributed by atoms with E-state index in [1.54, 1.807) is 24.3 Å². The molecule has 1 heterocycles. The number of hydrogen-bond donors (Lipinski definition) is 2. The molecule has 0 saturated carbocycles. The van der Waals surface area contributed by atoms with Crippen molar-refractivity contribution in [3.8, 4) is 0 Å². The van der Waals surface area contributed by atoms with Gasteiger partial charge in [-0.3, -0.25) is 19.3 Å². The van der Waals surface area contributed by atoms with Crippen LogP contribution in [-0.2, 0) is 4.79 Å². The number of nitrogens with one attached hydrogen (secondary N) is 2. The number of benzene rings is 2. The van der Waals surface area contributed by atoms with Crippen molar-refractivity contribution < 1.29 is 14.4 Å². The lowest BCUT2D eigenvalue weighted by molar-refractivity contribution is -0.119. The number of carbonyl (C=O) groups is 3. The predicted molar refractivity (Wildman–Crippen MR) is 107 cm³/mol. The van der Waals surface area contributed by atoms with Crippen molar-refractivity contribution in [1.82, 2.24) is 10.2 Å². The minimum absolute atomic E-state index is 0.00440. The molecule has 0 fully saturated rings. The Bertz CT molecular complexity index is 920. The zero-order valence-electron chi connectivity index (χ0n) is 15.0. The standard InChI is InChI=1S/C20H19N3O3S/c1-12-7-8-14(11-13(12)2)21-20(27)22-17(24)9-10-23-18(25)15-5-3-4-6-16(15)19(23)26/h3-8,11H,9-10H2,1-2H3,(H2,21,22,24,27). The third-order valence-electron chi connectivity index (χ3n) is 4.46. The quantitative estimate of drug-likeness (QED) is 0.629. The molecule has 2 N–H and O–H groups in total. The van der Waals surface area contributed by atoms with Gasteiger partial charge in [-0.05, 0) is 61.5 Å². The van der Waals surface area contributed by atoms with Gasteiger partial charge in [0.05, 0.1) is 11.1 Å². The molecule has 7 heteroatoms. The molecule has 0 atom stereocenters. The molecule has 6 nitrogen and oxygen atoms in total. The Kier molecular flexibility index (Phi) is 5.32. The van der Waals surface area contributed by atoms with E-state index in [4.69, 9.17) is 12.2 Å². The number of hydrogen-bond acceptors (Lipinski definition) is 4. The van der Waals surface area contributed by atoms with Crippen molar-refractivity contribution >= 4 is 40.7 Å². The molecule has 0 aromatic heterocycles. The van der Waals surface area contributed by atoms with Gasteiger partial charge < -0.3 is 10.6 Å². The summed E-state index contributed by atoms with van der Waals surface area (Å²) in [7, 11) is 0. The molecule has 0 unspecified atom stereocenters. The Morgan fingerprint density at radius 2 is 1.63 bits per heavy atom. The van der Waals surface area contributed by atoms with Gasteiger partial charge in [0.2, 0.25) is 5.91 Å². The Morgan fingerprint density at radius 3 is 2.22 bits per heavy atom. The average Bonchev–Trinajstić information content (AvgIpc) is 2.87. The van der Waals surface area contributed by atoms with E-state index in [0.717, 1.165) is 21.7 Å². The van der Waals surface area contributed by atoms with Crippen LogP contribution in [0.4, 0.5) is 5.69 Å². The second-order valence-corrected chi connectivity index (χ2v) is 6.77. The highest BCUT2D eigenvalue weighted by molar-refractivity contribution is 7.80. The first kappa shape index (κ1) is 18.7. The van der Waals surface area contributed by atoms with Crippen LogP contribution in [0.3, 0.4) is 0 Å². The molecule has 1 aliphatic rings. The molecule has 3 amide bonds. The van der Waals surface area contributed by atoms with E-state index in [1.165, 1.54) is 0 Å².